The number of rotatable bonds is 5. The molecular formula is C21H29N5O. The molecule has 1 aliphatic heterocycles. The number of aromatic nitrogens is 2. The van der Waals surface area contributed by atoms with Gasteiger partial charge in [-0.15, -0.1) is 0 Å². The fraction of sp³-hybridized carbons (Fsp3) is 0.476. The highest BCUT2D eigenvalue weighted by molar-refractivity contribution is 5.78. The van der Waals surface area contributed by atoms with Crippen molar-refractivity contribution in [3.05, 3.63) is 53.3 Å². The van der Waals surface area contributed by atoms with Crippen molar-refractivity contribution in [2.45, 2.75) is 33.2 Å². The second-order valence-electron chi connectivity index (χ2n) is 7.31. The van der Waals surface area contributed by atoms with E-state index in [-0.39, 0.29) is 11.9 Å². The van der Waals surface area contributed by atoms with Gasteiger partial charge in [0.1, 0.15) is 0 Å². The van der Waals surface area contributed by atoms with E-state index < -0.39 is 0 Å². The molecule has 27 heavy (non-hydrogen) atoms. The van der Waals surface area contributed by atoms with Crippen LogP contribution in [0.2, 0.25) is 0 Å². The van der Waals surface area contributed by atoms with Crippen molar-refractivity contribution in [2.24, 2.45) is 0 Å². The monoisotopic (exact) mass is 367 g/mol. The van der Waals surface area contributed by atoms with Crippen LogP contribution in [0.4, 0.5) is 5.95 Å². The third-order valence-electron chi connectivity index (χ3n) is 5.07. The largest absolute Gasteiger partial charge is 0.348 e. The summed E-state index contributed by atoms with van der Waals surface area (Å²) >= 11 is 0. The lowest BCUT2D eigenvalue weighted by Crippen LogP contribution is -2.40. The van der Waals surface area contributed by atoms with Crippen LogP contribution >= 0.6 is 0 Å². The molecule has 0 unspecified atom stereocenters. The van der Waals surface area contributed by atoms with Crippen LogP contribution in [0.15, 0.2) is 36.7 Å². The van der Waals surface area contributed by atoms with E-state index in [1.165, 1.54) is 16.7 Å². The number of benzene rings is 1. The minimum absolute atomic E-state index is 0.0126. The van der Waals surface area contributed by atoms with E-state index in [1.807, 2.05) is 6.07 Å². The van der Waals surface area contributed by atoms with Crippen LogP contribution in [0.5, 0.6) is 0 Å². The summed E-state index contributed by atoms with van der Waals surface area (Å²) in [7, 11) is 0. The molecule has 0 spiro atoms. The summed E-state index contributed by atoms with van der Waals surface area (Å²) in [5, 5.41) is 3.16. The molecule has 1 aromatic heterocycles. The molecule has 1 saturated heterocycles. The maximum Gasteiger partial charge on any atom is 0.234 e. The molecular weight excluding hydrogens is 338 g/mol. The van der Waals surface area contributed by atoms with Crippen molar-refractivity contribution in [3.63, 3.8) is 0 Å². The molecule has 1 aromatic carbocycles. The van der Waals surface area contributed by atoms with Crippen LogP contribution in [0.1, 0.15) is 36.1 Å². The smallest absolute Gasteiger partial charge is 0.234 e. The summed E-state index contributed by atoms with van der Waals surface area (Å²) in [6.07, 6.45) is 4.54. The SMILES string of the molecule is Cc1ccc(C)c([C@H](C)NC(=O)CN2CCCN(c3ncccn3)CC2)c1. The minimum atomic E-state index is 0.0126. The van der Waals surface area contributed by atoms with Crippen LogP contribution in [-0.2, 0) is 4.79 Å². The molecule has 0 saturated carbocycles. The highest BCUT2D eigenvalue weighted by Gasteiger charge is 2.19. The summed E-state index contributed by atoms with van der Waals surface area (Å²) in [4.78, 5) is 25.6. The average Bonchev–Trinajstić information content (AvgIpc) is 2.90. The van der Waals surface area contributed by atoms with Crippen molar-refractivity contribution in [1.29, 1.82) is 0 Å². The van der Waals surface area contributed by atoms with E-state index in [1.54, 1.807) is 12.4 Å². The molecule has 2 aromatic rings. The van der Waals surface area contributed by atoms with E-state index in [0.29, 0.717) is 6.54 Å². The van der Waals surface area contributed by atoms with Crippen LogP contribution in [0, 0.1) is 13.8 Å². The van der Waals surface area contributed by atoms with Crippen LogP contribution in [0.25, 0.3) is 0 Å². The van der Waals surface area contributed by atoms with E-state index >= 15 is 0 Å². The van der Waals surface area contributed by atoms with E-state index in [0.717, 1.165) is 38.5 Å². The van der Waals surface area contributed by atoms with Gasteiger partial charge in [0.05, 0.1) is 12.6 Å². The maximum absolute atomic E-state index is 12.6. The number of amides is 1. The molecule has 0 bridgehead atoms. The first-order valence-electron chi connectivity index (χ1n) is 9.64. The topological polar surface area (TPSA) is 61.4 Å². The lowest BCUT2D eigenvalue weighted by atomic mass is 10.00. The number of nitrogens with zero attached hydrogens (tertiary/aromatic N) is 4. The van der Waals surface area contributed by atoms with Gasteiger partial charge in [-0.2, -0.15) is 0 Å². The second-order valence-corrected chi connectivity index (χ2v) is 7.31. The Hall–Kier alpha value is -2.47. The zero-order valence-corrected chi connectivity index (χ0v) is 16.5. The fourth-order valence-electron chi connectivity index (χ4n) is 3.58. The molecule has 1 fully saturated rings. The van der Waals surface area contributed by atoms with Gasteiger partial charge < -0.3 is 10.2 Å². The Balaban J connectivity index is 1.53. The number of nitrogens with one attached hydrogen (secondary N) is 1. The molecule has 1 amide bonds. The normalized spacial score (nSPS) is 16.6. The number of hydrogen-bond donors (Lipinski definition) is 1. The summed E-state index contributed by atoms with van der Waals surface area (Å²) in [6.45, 7) is 10.2. The molecule has 0 aliphatic carbocycles. The lowest BCUT2D eigenvalue weighted by Gasteiger charge is -2.23. The van der Waals surface area contributed by atoms with Crippen molar-refractivity contribution >= 4 is 11.9 Å². The summed E-state index contributed by atoms with van der Waals surface area (Å²) < 4.78 is 0. The number of hydrogen-bond acceptors (Lipinski definition) is 5. The highest BCUT2D eigenvalue weighted by atomic mass is 16.2. The van der Waals surface area contributed by atoms with Gasteiger partial charge >= 0.3 is 0 Å². The molecule has 1 N–H and O–H groups in total. The number of aryl methyl sites for hydroxylation is 2. The standard InChI is InChI=1S/C21H29N5O/c1-16-6-7-17(2)19(14-16)18(3)24-20(27)15-25-10-5-11-26(13-12-25)21-22-8-4-9-23-21/h4,6-9,14,18H,5,10-13,15H2,1-3H3,(H,24,27)/t18-/m0/s1. The van der Waals surface area contributed by atoms with E-state index in [9.17, 15) is 4.79 Å². The Morgan fingerprint density at radius 1 is 1.15 bits per heavy atom. The van der Waals surface area contributed by atoms with Crippen LogP contribution in [-0.4, -0.2) is 53.5 Å². The van der Waals surface area contributed by atoms with Crippen molar-refractivity contribution in [2.75, 3.05) is 37.6 Å². The van der Waals surface area contributed by atoms with Crippen molar-refractivity contribution in [3.8, 4) is 0 Å². The van der Waals surface area contributed by atoms with Gasteiger partial charge in [-0.1, -0.05) is 23.8 Å². The molecule has 1 atom stereocenters. The predicted octanol–water partition coefficient (Wildman–Crippen LogP) is 2.48. The zero-order valence-electron chi connectivity index (χ0n) is 16.5. The van der Waals surface area contributed by atoms with Gasteiger partial charge in [0.2, 0.25) is 11.9 Å². The first kappa shape index (κ1) is 19.3. The quantitative estimate of drug-likeness (QED) is 0.880. The predicted molar refractivity (Wildman–Crippen MR) is 108 cm³/mol. The average molecular weight is 367 g/mol. The number of anilines is 1. The molecule has 6 heteroatoms. The molecule has 3 rings (SSSR count). The first-order valence-corrected chi connectivity index (χ1v) is 9.64. The zero-order chi connectivity index (χ0) is 19.2. The Bertz CT molecular complexity index is 764. The van der Waals surface area contributed by atoms with E-state index in [4.69, 9.17) is 0 Å². The van der Waals surface area contributed by atoms with Crippen LogP contribution in [0.3, 0.4) is 0 Å². The van der Waals surface area contributed by atoms with Crippen molar-refractivity contribution < 1.29 is 4.79 Å². The Kier molecular flexibility index (Phi) is 6.40. The molecule has 1 aliphatic rings. The van der Waals surface area contributed by atoms with Gasteiger partial charge in [-0.05, 0) is 44.4 Å². The Morgan fingerprint density at radius 2 is 1.93 bits per heavy atom. The first-order chi connectivity index (χ1) is 13.0. The second kappa shape index (κ2) is 8.95. The third-order valence-corrected chi connectivity index (χ3v) is 5.07. The summed E-state index contributed by atoms with van der Waals surface area (Å²) in [5.41, 5.74) is 3.61. The highest BCUT2D eigenvalue weighted by Crippen LogP contribution is 2.19. The summed E-state index contributed by atoms with van der Waals surface area (Å²) in [6, 6.07) is 8.22. The summed E-state index contributed by atoms with van der Waals surface area (Å²) in [5.74, 6) is 0.847. The molecule has 144 valence electrons. The molecule has 0 radical (unpaired) electrons. The third kappa shape index (κ3) is 5.26. The van der Waals surface area contributed by atoms with Crippen LogP contribution < -0.4 is 10.2 Å². The lowest BCUT2D eigenvalue weighted by molar-refractivity contribution is -0.122. The fourth-order valence-corrected chi connectivity index (χ4v) is 3.58. The minimum Gasteiger partial charge on any atom is -0.348 e. The van der Waals surface area contributed by atoms with Crippen molar-refractivity contribution in [1.82, 2.24) is 20.2 Å². The Labute approximate surface area is 161 Å². The van der Waals surface area contributed by atoms with Gasteiger partial charge in [-0.3, -0.25) is 9.69 Å². The van der Waals surface area contributed by atoms with Gasteiger partial charge in [-0.25, -0.2) is 9.97 Å². The number of carbonyl (C=O) groups is 1. The van der Waals surface area contributed by atoms with E-state index in [2.05, 4.69) is 64.1 Å². The number of carbonyl (C=O) groups excluding carboxylic acids is 1. The molecule has 6 nitrogen and oxygen atoms in total. The Morgan fingerprint density at radius 3 is 2.70 bits per heavy atom. The molecule has 2 heterocycles. The van der Waals surface area contributed by atoms with Gasteiger partial charge in [0.15, 0.2) is 0 Å². The van der Waals surface area contributed by atoms with Gasteiger partial charge in [0.25, 0.3) is 0 Å². The van der Waals surface area contributed by atoms with Gasteiger partial charge in [0, 0.05) is 38.6 Å². The maximum atomic E-state index is 12.6.